The molecule has 1 aromatic rings. The molecule has 64 valence electrons. The van der Waals surface area contributed by atoms with Crippen LogP contribution in [0.1, 0.15) is 12.0 Å². The predicted octanol–water partition coefficient (Wildman–Crippen LogP) is 0.421. The molecule has 0 spiro atoms. The summed E-state index contributed by atoms with van der Waals surface area (Å²) in [5.74, 6) is 0.297. The van der Waals surface area contributed by atoms with Crippen molar-refractivity contribution in [1.29, 1.82) is 0 Å². The van der Waals surface area contributed by atoms with Crippen molar-refractivity contribution in [3.63, 3.8) is 0 Å². The molecule has 0 radical (unpaired) electrons. The number of hydrogen-bond donors (Lipinski definition) is 2. The van der Waals surface area contributed by atoms with Gasteiger partial charge in [-0.05, 0) is 13.0 Å². The fraction of sp³-hybridized carbons (Fsp3) is 0.250. The summed E-state index contributed by atoms with van der Waals surface area (Å²) >= 11 is 0. The summed E-state index contributed by atoms with van der Waals surface area (Å²) in [5, 5.41) is 0. The van der Waals surface area contributed by atoms with Gasteiger partial charge in [0, 0.05) is 18.0 Å². The van der Waals surface area contributed by atoms with Crippen molar-refractivity contribution in [2.75, 3.05) is 12.3 Å². The molecule has 1 heterocycles. The number of nitrogens with zero attached hydrogens (tertiary/aromatic N) is 2. The summed E-state index contributed by atoms with van der Waals surface area (Å²) in [5.41, 5.74) is 11.6. The number of nitrogens with two attached hydrogens (primary N) is 2. The maximum atomic E-state index is 5.32. The minimum absolute atomic E-state index is 0.297. The molecule has 0 aliphatic carbocycles. The summed E-state index contributed by atoms with van der Waals surface area (Å²) in [6, 6.07) is 0. The molecule has 12 heavy (non-hydrogen) atoms. The van der Waals surface area contributed by atoms with E-state index in [1.54, 1.807) is 12.4 Å². The van der Waals surface area contributed by atoms with Gasteiger partial charge in [0.2, 0.25) is 5.95 Å². The van der Waals surface area contributed by atoms with E-state index in [1.165, 1.54) is 0 Å². The van der Waals surface area contributed by atoms with Crippen LogP contribution in [0.3, 0.4) is 0 Å². The van der Waals surface area contributed by atoms with E-state index in [2.05, 4.69) is 9.97 Å². The van der Waals surface area contributed by atoms with E-state index in [1.807, 2.05) is 12.2 Å². The van der Waals surface area contributed by atoms with Gasteiger partial charge < -0.3 is 11.5 Å². The van der Waals surface area contributed by atoms with Crippen LogP contribution >= 0.6 is 0 Å². The number of nitrogen functional groups attached to an aromatic ring is 1. The quantitative estimate of drug-likeness (QED) is 0.678. The summed E-state index contributed by atoms with van der Waals surface area (Å²) < 4.78 is 0. The van der Waals surface area contributed by atoms with Crippen LogP contribution in [0.2, 0.25) is 0 Å². The first-order valence-corrected chi connectivity index (χ1v) is 3.77. The maximum Gasteiger partial charge on any atom is 0.219 e. The van der Waals surface area contributed by atoms with Gasteiger partial charge in [0.15, 0.2) is 0 Å². The van der Waals surface area contributed by atoms with E-state index in [0.717, 1.165) is 12.0 Å². The maximum absolute atomic E-state index is 5.32. The van der Waals surface area contributed by atoms with Crippen molar-refractivity contribution in [3.8, 4) is 0 Å². The summed E-state index contributed by atoms with van der Waals surface area (Å²) in [6.45, 7) is 0.659. The molecule has 0 saturated carbocycles. The molecule has 4 heteroatoms. The molecule has 0 fully saturated rings. The first-order chi connectivity index (χ1) is 5.83. The molecule has 4 N–H and O–H groups in total. The molecule has 0 amide bonds. The second-order valence-electron chi connectivity index (χ2n) is 2.35. The first-order valence-electron chi connectivity index (χ1n) is 3.77. The van der Waals surface area contributed by atoms with Gasteiger partial charge >= 0.3 is 0 Å². The van der Waals surface area contributed by atoms with Crippen molar-refractivity contribution in [2.45, 2.75) is 6.42 Å². The smallest absolute Gasteiger partial charge is 0.219 e. The lowest BCUT2D eigenvalue weighted by atomic mass is 10.3. The average Bonchev–Trinajstić information content (AvgIpc) is 2.09. The minimum Gasteiger partial charge on any atom is -0.368 e. The third-order valence-corrected chi connectivity index (χ3v) is 1.34. The summed E-state index contributed by atoms with van der Waals surface area (Å²) in [6.07, 6.45) is 8.12. The Morgan fingerprint density at radius 2 is 2.00 bits per heavy atom. The Bertz CT molecular complexity index is 252. The SMILES string of the molecule is NCCC=Cc1cnc(N)nc1. The van der Waals surface area contributed by atoms with Gasteiger partial charge in [-0.25, -0.2) is 9.97 Å². The van der Waals surface area contributed by atoms with Gasteiger partial charge in [0.25, 0.3) is 0 Å². The standard InChI is InChI=1S/C8H12N4/c9-4-2-1-3-7-5-11-8(10)12-6-7/h1,3,5-6H,2,4,9H2,(H2,10,11,12). The molecule has 0 aliphatic rings. The molecule has 0 saturated heterocycles. The van der Waals surface area contributed by atoms with Crippen LogP contribution in [-0.2, 0) is 0 Å². The minimum atomic E-state index is 0.297. The molecule has 0 bridgehead atoms. The Morgan fingerprint density at radius 3 is 2.58 bits per heavy atom. The van der Waals surface area contributed by atoms with Crippen molar-refractivity contribution < 1.29 is 0 Å². The Morgan fingerprint density at radius 1 is 1.33 bits per heavy atom. The second kappa shape index (κ2) is 4.46. The molecule has 0 atom stereocenters. The van der Waals surface area contributed by atoms with E-state index >= 15 is 0 Å². The van der Waals surface area contributed by atoms with Gasteiger partial charge in [0.1, 0.15) is 0 Å². The number of anilines is 1. The van der Waals surface area contributed by atoms with Gasteiger partial charge in [-0.3, -0.25) is 0 Å². The topological polar surface area (TPSA) is 77.8 Å². The number of aromatic nitrogens is 2. The Balaban J connectivity index is 2.58. The van der Waals surface area contributed by atoms with Crippen molar-refractivity contribution in [2.24, 2.45) is 5.73 Å². The molecule has 1 aromatic heterocycles. The second-order valence-corrected chi connectivity index (χ2v) is 2.35. The van der Waals surface area contributed by atoms with E-state index in [9.17, 15) is 0 Å². The molecule has 4 nitrogen and oxygen atoms in total. The highest BCUT2D eigenvalue weighted by Crippen LogP contribution is 1.99. The highest BCUT2D eigenvalue weighted by molar-refractivity contribution is 5.47. The largest absolute Gasteiger partial charge is 0.368 e. The lowest BCUT2D eigenvalue weighted by Gasteiger charge is -1.92. The van der Waals surface area contributed by atoms with Crippen LogP contribution in [-0.4, -0.2) is 16.5 Å². The number of rotatable bonds is 3. The fourth-order valence-electron chi connectivity index (χ4n) is 0.750. The van der Waals surface area contributed by atoms with Crippen LogP contribution in [0, 0.1) is 0 Å². The van der Waals surface area contributed by atoms with E-state index < -0.39 is 0 Å². The lowest BCUT2D eigenvalue weighted by molar-refractivity contribution is 1.01. The van der Waals surface area contributed by atoms with Gasteiger partial charge in [-0.1, -0.05) is 12.2 Å². The van der Waals surface area contributed by atoms with Crippen molar-refractivity contribution in [3.05, 3.63) is 24.0 Å². The molecular formula is C8H12N4. The number of hydrogen-bond acceptors (Lipinski definition) is 4. The zero-order chi connectivity index (χ0) is 8.81. The van der Waals surface area contributed by atoms with Crippen molar-refractivity contribution in [1.82, 2.24) is 9.97 Å². The Kier molecular flexibility index (Phi) is 3.22. The van der Waals surface area contributed by atoms with Crippen LogP contribution < -0.4 is 11.5 Å². The molecule has 0 unspecified atom stereocenters. The van der Waals surface area contributed by atoms with Crippen LogP contribution in [0.15, 0.2) is 18.5 Å². The third-order valence-electron chi connectivity index (χ3n) is 1.34. The summed E-state index contributed by atoms with van der Waals surface area (Å²) in [7, 11) is 0. The lowest BCUT2D eigenvalue weighted by Crippen LogP contribution is -1.95. The Hall–Kier alpha value is -1.42. The average molecular weight is 164 g/mol. The van der Waals surface area contributed by atoms with Crippen LogP contribution in [0.4, 0.5) is 5.95 Å². The van der Waals surface area contributed by atoms with E-state index in [4.69, 9.17) is 11.5 Å². The molecular weight excluding hydrogens is 152 g/mol. The fourth-order valence-corrected chi connectivity index (χ4v) is 0.750. The zero-order valence-corrected chi connectivity index (χ0v) is 6.77. The predicted molar refractivity (Wildman–Crippen MR) is 49.1 cm³/mol. The Labute approximate surface area is 71.3 Å². The van der Waals surface area contributed by atoms with E-state index in [-0.39, 0.29) is 0 Å². The van der Waals surface area contributed by atoms with Gasteiger partial charge in [-0.15, -0.1) is 0 Å². The zero-order valence-electron chi connectivity index (χ0n) is 6.77. The molecule has 0 aromatic carbocycles. The summed E-state index contributed by atoms with van der Waals surface area (Å²) in [4.78, 5) is 7.68. The van der Waals surface area contributed by atoms with Crippen molar-refractivity contribution >= 4 is 12.0 Å². The van der Waals surface area contributed by atoms with E-state index in [0.29, 0.717) is 12.5 Å². The highest BCUT2D eigenvalue weighted by atomic mass is 15.0. The molecule has 0 aliphatic heterocycles. The molecule has 1 rings (SSSR count). The van der Waals surface area contributed by atoms with Crippen LogP contribution in [0.5, 0.6) is 0 Å². The van der Waals surface area contributed by atoms with Gasteiger partial charge in [-0.2, -0.15) is 0 Å². The normalized spacial score (nSPS) is 10.8. The third kappa shape index (κ3) is 2.67. The van der Waals surface area contributed by atoms with Crippen LogP contribution in [0.25, 0.3) is 6.08 Å². The highest BCUT2D eigenvalue weighted by Gasteiger charge is 1.87. The first kappa shape index (κ1) is 8.67. The van der Waals surface area contributed by atoms with Gasteiger partial charge in [0.05, 0.1) is 0 Å². The monoisotopic (exact) mass is 164 g/mol.